The first kappa shape index (κ1) is 31.2. The molecule has 40 heavy (non-hydrogen) atoms. The molecule has 0 radical (unpaired) electrons. The first-order chi connectivity index (χ1) is 19.1. The number of amides is 2. The molecule has 1 aliphatic heterocycles. The molecular formula is C30H36F3N3O3S. The summed E-state index contributed by atoms with van der Waals surface area (Å²) < 4.78 is 31.7. The van der Waals surface area contributed by atoms with Gasteiger partial charge < -0.3 is 14.9 Å². The van der Waals surface area contributed by atoms with E-state index in [1.54, 1.807) is 11.3 Å². The summed E-state index contributed by atoms with van der Waals surface area (Å²) in [6.07, 6.45) is -0.364. The Morgan fingerprint density at radius 2 is 1.60 bits per heavy atom. The van der Waals surface area contributed by atoms with Crippen LogP contribution in [0.5, 0.6) is 0 Å². The van der Waals surface area contributed by atoms with Gasteiger partial charge in [-0.2, -0.15) is 13.2 Å². The summed E-state index contributed by atoms with van der Waals surface area (Å²) >= 11 is 1.58. The average Bonchev–Trinajstić information content (AvgIpc) is 3.34. The number of hydrogen-bond donors (Lipinski definition) is 2. The van der Waals surface area contributed by atoms with Crippen LogP contribution in [-0.2, 0) is 17.8 Å². The molecule has 1 aliphatic rings. The minimum Gasteiger partial charge on any atom is -0.475 e. The second-order valence-corrected chi connectivity index (χ2v) is 10.9. The highest BCUT2D eigenvalue weighted by Gasteiger charge is 2.38. The summed E-state index contributed by atoms with van der Waals surface area (Å²) in [5.41, 5.74) is 3.80. The van der Waals surface area contributed by atoms with E-state index in [1.807, 2.05) is 29.2 Å². The van der Waals surface area contributed by atoms with E-state index < -0.39 is 12.1 Å². The topological polar surface area (TPSA) is 72.9 Å². The number of aliphatic carboxylic acids is 1. The van der Waals surface area contributed by atoms with Crippen molar-refractivity contribution in [1.82, 2.24) is 9.80 Å². The minimum absolute atomic E-state index is 0.0118. The second kappa shape index (κ2) is 15.4. The van der Waals surface area contributed by atoms with Crippen molar-refractivity contribution in [3.05, 3.63) is 88.8 Å². The zero-order chi connectivity index (χ0) is 29.0. The van der Waals surface area contributed by atoms with Gasteiger partial charge in [-0.25, -0.2) is 9.59 Å². The van der Waals surface area contributed by atoms with Crippen LogP contribution in [-0.4, -0.2) is 59.3 Å². The summed E-state index contributed by atoms with van der Waals surface area (Å²) in [7, 11) is 0. The van der Waals surface area contributed by atoms with Crippen molar-refractivity contribution in [2.75, 3.05) is 31.5 Å². The van der Waals surface area contributed by atoms with Gasteiger partial charge in [0, 0.05) is 13.1 Å². The van der Waals surface area contributed by atoms with Crippen molar-refractivity contribution < 1.29 is 27.9 Å². The Hall–Kier alpha value is -3.37. The van der Waals surface area contributed by atoms with E-state index in [0.29, 0.717) is 6.54 Å². The number of carbonyl (C=O) groups excluding carboxylic acids is 1. The standard InChI is InChI=1S/C28H35N3OS.C2HF3O2/c1-23-19-27(33-22-23)29-28(32)31(21-26-11-6-3-7-12-26)16-8-15-30-17-13-25(14-18-30)20-24-9-4-2-5-10-24;3-2(4,5)1(6)7/h2-7,9-12,19,22,25H,8,13-18,20-21H2,1H3,(H,29,32);(H,6,7). The molecule has 0 atom stereocenters. The molecule has 0 unspecified atom stereocenters. The Labute approximate surface area is 237 Å². The number of thiophene rings is 1. The number of anilines is 1. The van der Waals surface area contributed by atoms with Crippen molar-refractivity contribution in [2.24, 2.45) is 5.92 Å². The Balaban J connectivity index is 0.000000559. The van der Waals surface area contributed by atoms with E-state index in [-0.39, 0.29) is 6.03 Å². The molecule has 10 heteroatoms. The number of nitrogens with one attached hydrogen (secondary N) is 1. The third kappa shape index (κ3) is 11.0. The number of hydrogen-bond acceptors (Lipinski definition) is 4. The molecule has 0 bridgehead atoms. The van der Waals surface area contributed by atoms with Crippen LogP contribution in [0.3, 0.4) is 0 Å². The number of rotatable bonds is 9. The number of nitrogens with zero attached hydrogens (tertiary/aromatic N) is 2. The highest BCUT2D eigenvalue weighted by molar-refractivity contribution is 7.14. The number of halogens is 3. The van der Waals surface area contributed by atoms with Gasteiger partial charge in [-0.1, -0.05) is 60.7 Å². The van der Waals surface area contributed by atoms with Gasteiger partial charge in [0.15, 0.2) is 0 Å². The number of piperidine rings is 1. The van der Waals surface area contributed by atoms with Gasteiger partial charge in [-0.05, 0) is 86.3 Å². The number of urea groups is 1. The smallest absolute Gasteiger partial charge is 0.475 e. The third-order valence-electron chi connectivity index (χ3n) is 6.68. The zero-order valence-corrected chi connectivity index (χ0v) is 23.4. The summed E-state index contributed by atoms with van der Waals surface area (Å²) in [5, 5.41) is 13.2. The van der Waals surface area contributed by atoms with Gasteiger partial charge >= 0.3 is 18.2 Å². The van der Waals surface area contributed by atoms with Gasteiger partial charge in [-0.3, -0.25) is 5.32 Å². The van der Waals surface area contributed by atoms with Crippen LogP contribution in [0.1, 0.15) is 36.0 Å². The lowest BCUT2D eigenvalue weighted by atomic mass is 9.90. The van der Waals surface area contributed by atoms with Crippen LogP contribution >= 0.6 is 11.3 Å². The maximum atomic E-state index is 13.0. The molecule has 2 amide bonds. The Bertz CT molecular complexity index is 1180. The Morgan fingerprint density at radius 1 is 1.02 bits per heavy atom. The van der Waals surface area contributed by atoms with Crippen LogP contribution < -0.4 is 5.32 Å². The van der Waals surface area contributed by atoms with Gasteiger partial charge in [0.25, 0.3) is 0 Å². The molecule has 0 saturated carbocycles. The molecule has 216 valence electrons. The SMILES string of the molecule is Cc1csc(NC(=O)N(CCCN2CCC(Cc3ccccc3)CC2)Cc2ccccc2)c1.O=C(O)C(F)(F)F. The lowest BCUT2D eigenvalue weighted by molar-refractivity contribution is -0.192. The zero-order valence-electron chi connectivity index (χ0n) is 22.6. The number of carboxylic acid groups (broad SMARTS) is 1. The fourth-order valence-corrected chi connectivity index (χ4v) is 5.37. The number of carbonyl (C=O) groups is 2. The van der Waals surface area contributed by atoms with Crippen LogP contribution in [0.4, 0.5) is 23.0 Å². The van der Waals surface area contributed by atoms with Gasteiger partial charge in [0.2, 0.25) is 0 Å². The number of benzene rings is 2. The van der Waals surface area contributed by atoms with Crippen molar-refractivity contribution >= 4 is 28.3 Å². The largest absolute Gasteiger partial charge is 0.490 e. The maximum absolute atomic E-state index is 13.0. The van der Waals surface area contributed by atoms with Gasteiger partial charge in [0.1, 0.15) is 0 Å². The summed E-state index contributed by atoms with van der Waals surface area (Å²) in [4.78, 5) is 26.5. The average molecular weight is 576 g/mol. The number of aryl methyl sites for hydroxylation is 1. The molecule has 4 rings (SSSR count). The summed E-state index contributed by atoms with van der Waals surface area (Å²) in [5.74, 6) is -1.97. The predicted octanol–water partition coefficient (Wildman–Crippen LogP) is 7.07. The number of likely N-dealkylation sites (tertiary alicyclic amines) is 1. The molecule has 2 N–H and O–H groups in total. The van der Waals surface area contributed by atoms with E-state index in [0.717, 1.165) is 49.1 Å². The van der Waals surface area contributed by atoms with E-state index in [1.165, 1.54) is 30.4 Å². The number of alkyl halides is 3. The lowest BCUT2D eigenvalue weighted by Crippen LogP contribution is -2.39. The fourth-order valence-electron chi connectivity index (χ4n) is 4.58. The van der Waals surface area contributed by atoms with Crippen LogP contribution in [0, 0.1) is 12.8 Å². The van der Waals surface area contributed by atoms with E-state index in [2.05, 4.69) is 65.0 Å². The highest BCUT2D eigenvalue weighted by Crippen LogP contribution is 2.23. The van der Waals surface area contributed by atoms with Crippen LogP contribution in [0.2, 0.25) is 0 Å². The molecule has 1 aromatic heterocycles. The first-order valence-electron chi connectivity index (χ1n) is 13.3. The van der Waals surface area contributed by atoms with Gasteiger partial charge in [-0.15, -0.1) is 11.3 Å². The highest BCUT2D eigenvalue weighted by atomic mass is 32.1. The monoisotopic (exact) mass is 575 g/mol. The van der Waals surface area contributed by atoms with Crippen molar-refractivity contribution in [2.45, 2.75) is 45.3 Å². The van der Waals surface area contributed by atoms with Crippen molar-refractivity contribution in [3.8, 4) is 0 Å². The summed E-state index contributed by atoms with van der Waals surface area (Å²) in [6.45, 7) is 6.82. The molecule has 1 fully saturated rings. The van der Waals surface area contributed by atoms with Crippen molar-refractivity contribution in [1.29, 1.82) is 0 Å². The predicted molar refractivity (Wildman–Crippen MR) is 153 cm³/mol. The number of carboxylic acids is 1. The second-order valence-electron chi connectivity index (χ2n) is 9.96. The van der Waals surface area contributed by atoms with Gasteiger partial charge in [0.05, 0.1) is 5.00 Å². The van der Waals surface area contributed by atoms with Crippen molar-refractivity contribution in [3.63, 3.8) is 0 Å². The third-order valence-corrected chi connectivity index (χ3v) is 7.65. The normalized spacial score (nSPS) is 14.2. The Morgan fingerprint density at radius 3 is 2.12 bits per heavy atom. The molecule has 6 nitrogen and oxygen atoms in total. The first-order valence-corrected chi connectivity index (χ1v) is 14.2. The molecule has 3 aromatic rings. The van der Waals surface area contributed by atoms with Crippen LogP contribution in [0.15, 0.2) is 72.1 Å². The molecular weight excluding hydrogens is 539 g/mol. The van der Waals surface area contributed by atoms with Crippen LogP contribution in [0.25, 0.3) is 0 Å². The molecule has 0 aliphatic carbocycles. The molecule has 1 saturated heterocycles. The quantitative estimate of drug-likeness (QED) is 0.286. The minimum atomic E-state index is -5.08. The maximum Gasteiger partial charge on any atom is 0.490 e. The molecule has 0 spiro atoms. The van der Waals surface area contributed by atoms with E-state index >= 15 is 0 Å². The summed E-state index contributed by atoms with van der Waals surface area (Å²) in [6, 6.07) is 23.2. The molecule has 2 heterocycles. The van der Waals surface area contributed by atoms with E-state index in [9.17, 15) is 18.0 Å². The fraction of sp³-hybridized carbons (Fsp3) is 0.400. The van der Waals surface area contributed by atoms with E-state index in [4.69, 9.17) is 9.90 Å². The molecule has 2 aromatic carbocycles. The lowest BCUT2D eigenvalue weighted by Gasteiger charge is -2.32. The Kier molecular flexibility index (Phi) is 12.0.